The molecule has 0 aromatic carbocycles. The molecule has 1 saturated heterocycles. The third-order valence-corrected chi connectivity index (χ3v) is 3.28. The summed E-state index contributed by atoms with van der Waals surface area (Å²) in [6.07, 6.45) is 2.10. The van der Waals surface area contributed by atoms with Gasteiger partial charge in [-0.15, -0.1) is 0 Å². The van der Waals surface area contributed by atoms with E-state index in [1.807, 2.05) is 29.9 Å². The van der Waals surface area contributed by atoms with Crippen LogP contribution in [0.1, 0.15) is 5.69 Å². The molecule has 0 radical (unpaired) electrons. The molecule has 0 saturated carbocycles. The summed E-state index contributed by atoms with van der Waals surface area (Å²) in [5.41, 5.74) is 1.73. The van der Waals surface area contributed by atoms with Crippen LogP contribution in [0.3, 0.4) is 0 Å². The van der Waals surface area contributed by atoms with Crippen LogP contribution in [-0.4, -0.2) is 53.5 Å². The van der Waals surface area contributed by atoms with Gasteiger partial charge in [-0.25, -0.2) is 5.01 Å². The molecule has 3 rings (SSSR count). The quantitative estimate of drug-likeness (QED) is 0.735. The zero-order valence-electron chi connectivity index (χ0n) is 10.5. The van der Waals surface area contributed by atoms with Crippen molar-refractivity contribution in [3.63, 3.8) is 0 Å². The summed E-state index contributed by atoms with van der Waals surface area (Å²) >= 11 is 0. The Morgan fingerprint density at radius 2 is 2.39 bits per heavy atom. The lowest BCUT2D eigenvalue weighted by atomic mass is 10.1. The predicted molar refractivity (Wildman–Crippen MR) is 66.3 cm³/mol. The van der Waals surface area contributed by atoms with Crippen LogP contribution in [0.2, 0.25) is 0 Å². The number of aromatic nitrogens is 1. The van der Waals surface area contributed by atoms with E-state index in [0.29, 0.717) is 6.54 Å². The smallest absolute Gasteiger partial charge is 0.266 e. The first-order valence-electron chi connectivity index (χ1n) is 6.01. The Bertz CT molecular complexity index is 504. The molecule has 2 atom stereocenters. The zero-order chi connectivity index (χ0) is 12.7. The van der Waals surface area contributed by atoms with Crippen molar-refractivity contribution in [1.82, 2.24) is 14.9 Å². The van der Waals surface area contributed by atoms with Gasteiger partial charge >= 0.3 is 0 Å². The molecule has 1 aromatic rings. The predicted octanol–water partition coefficient (Wildman–Crippen LogP) is -0.442. The largest absolute Gasteiger partial charge is 0.371 e. The second-order valence-electron chi connectivity index (χ2n) is 4.59. The number of aryl methyl sites for hydroxylation is 1. The minimum absolute atomic E-state index is 0.0100. The summed E-state index contributed by atoms with van der Waals surface area (Å²) in [5.74, 6) is -0.0100. The first-order valence-corrected chi connectivity index (χ1v) is 6.01. The van der Waals surface area contributed by atoms with Crippen molar-refractivity contribution in [3.05, 3.63) is 24.0 Å². The van der Waals surface area contributed by atoms with Gasteiger partial charge in [0.05, 0.1) is 18.8 Å². The minimum Gasteiger partial charge on any atom is -0.371 e. The molecule has 0 aliphatic carbocycles. The van der Waals surface area contributed by atoms with Crippen LogP contribution >= 0.6 is 0 Å². The van der Waals surface area contributed by atoms with Crippen LogP contribution in [0.25, 0.3) is 0 Å². The number of hydrazone groups is 1. The Hall–Kier alpha value is -1.66. The number of carbonyl (C=O) groups is 1. The fourth-order valence-electron chi connectivity index (χ4n) is 2.19. The molecule has 96 valence electrons. The topological polar surface area (TPSA) is 62.2 Å². The van der Waals surface area contributed by atoms with Gasteiger partial charge in [0.1, 0.15) is 17.9 Å². The highest BCUT2D eigenvalue weighted by Crippen LogP contribution is 2.19. The molecule has 18 heavy (non-hydrogen) atoms. The molecular weight excluding hydrogens is 232 g/mol. The summed E-state index contributed by atoms with van der Waals surface area (Å²) in [6, 6.07) is 3.55. The molecular formula is C12H16N4O2. The lowest BCUT2D eigenvalue weighted by Gasteiger charge is -2.12. The van der Waals surface area contributed by atoms with E-state index in [0.717, 1.165) is 18.0 Å². The van der Waals surface area contributed by atoms with Crippen molar-refractivity contribution in [1.29, 1.82) is 0 Å². The van der Waals surface area contributed by atoms with Crippen molar-refractivity contribution in [3.8, 4) is 0 Å². The molecule has 1 amide bonds. The van der Waals surface area contributed by atoms with E-state index in [2.05, 4.69) is 10.4 Å². The standard InChI is InChI=1S/C12H16N4O2/c1-13-11-10(9-4-3-5-15(9)2)14-16(12(11)17)6-8-7-18-8/h3-5,8,11,13H,6-7H2,1-2H3. The Kier molecular flexibility index (Phi) is 2.68. The number of nitrogens with zero attached hydrogens (tertiary/aromatic N) is 3. The van der Waals surface area contributed by atoms with E-state index in [4.69, 9.17) is 4.74 Å². The molecule has 2 unspecified atom stereocenters. The van der Waals surface area contributed by atoms with E-state index >= 15 is 0 Å². The van der Waals surface area contributed by atoms with Gasteiger partial charge in [0, 0.05) is 13.2 Å². The second kappa shape index (κ2) is 4.22. The van der Waals surface area contributed by atoms with Crippen molar-refractivity contribution in [2.45, 2.75) is 12.1 Å². The molecule has 2 aliphatic heterocycles. The second-order valence-corrected chi connectivity index (χ2v) is 4.59. The molecule has 1 fully saturated rings. The molecule has 0 bridgehead atoms. The van der Waals surface area contributed by atoms with E-state index in [1.165, 1.54) is 5.01 Å². The van der Waals surface area contributed by atoms with Crippen molar-refractivity contribution < 1.29 is 9.53 Å². The Labute approximate surface area is 105 Å². The third kappa shape index (κ3) is 1.83. The molecule has 6 heteroatoms. The van der Waals surface area contributed by atoms with Crippen LogP contribution in [0.4, 0.5) is 0 Å². The van der Waals surface area contributed by atoms with E-state index in [-0.39, 0.29) is 18.1 Å². The highest BCUT2D eigenvalue weighted by molar-refractivity contribution is 6.18. The summed E-state index contributed by atoms with van der Waals surface area (Å²) < 4.78 is 7.11. The maximum Gasteiger partial charge on any atom is 0.266 e. The number of epoxide rings is 1. The van der Waals surface area contributed by atoms with E-state index in [1.54, 1.807) is 7.05 Å². The number of nitrogens with one attached hydrogen (secondary N) is 1. The van der Waals surface area contributed by atoms with Gasteiger partial charge in [0.15, 0.2) is 0 Å². The number of likely N-dealkylation sites (N-methyl/N-ethyl adjacent to an activating group) is 1. The number of ether oxygens (including phenoxy) is 1. The number of amides is 1. The molecule has 1 N–H and O–H groups in total. The van der Waals surface area contributed by atoms with E-state index < -0.39 is 0 Å². The number of hydrogen-bond donors (Lipinski definition) is 1. The molecule has 1 aromatic heterocycles. The van der Waals surface area contributed by atoms with Crippen LogP contribution < -0.4 is 5.32 Å². The first-order chi connectivity index (χ1) is 8.70. The fraction of sp³-hybridized carbons (Fsp3) is 0.500. The highest BCUT2D eigenvalue weighted by Gasteiger charge is 2.39. The summed E-state index contributed by atoms with van der Waals surface area (Å²) in [4.78, 5) is 12.2. The Balaban J connectivity index is 1.90. The van der Waals surface area contributed by atoms with Crippen LogP contribution in [0.5, 0.6) is 0 Å². The Morgan fingerprint density at radius 1 is 1.61 bits per heavy atom. The van der Waals surface area contributed by atoms with Crippen LogP contribution in [-0.2, 0) is 16.6 Å². The summed E-state index contributed by atoms with van der Waals surface area (Å²) in [6.45, 7) is 1.27. The van der Waals surface area contributed by atoms with Gasteiger partial charge in [0.2, 0.25) is 0 Å². The maximum absolute atomic E-state index is 12.2. The zero-order valence-corrected chi connectivity index (χ0v) is 10.5. The van der Waals surface area contributed by atoms with Crippen molar-refractivity contribution in [2.75, 3.05) is 20.2 Å². The third-order valence-electron chi connectivity index (χ3n) is 3.28. The van der Waals surface area contributed by atoms with Gasteiger partial charge < -0.3 is 14.6 Å². The average molecular weight is 248 g/mol. The highest BCUT2D eigenvalue weighted by atomic mass is 16.6. The van der Waals surface area contributed by atoms with Gasteiger partial charge in [-0.1, -0.05) is 0 Å². The number of rotatable bonds is 4. The Morgan fingerprint density at radius 3 is 2.94 bits per heavy atom. The van der Waals surface area contributed by atoms with Crippen LogP contribution in [0.15, 0.2) is 23.4 Å². The van der Waals surface area contributed by atoms with E-state index in [9.17, 15) is 4.79 Å². The van der Waals surface area contributed by atoms with Gasteiger partial charge in [0.25, 0.3) is 5.91 Å². The molecule has 0 spiro atoms. The van der Waals surface area contributed by atoms with Crippen molar-refractivity contribution in [2.24, 2.45) is 12.1 Å². The van der Waals surface area contributed by atoms with Gasteiger partial charge in [-0.3, -0.25) is 4.79 Å². The summed E-state index contributed by atoms with van der Waals surface area (Å²) in [7, 11) is 3.72. The monoisotopic (exact) mass is 248 g/mol. The minimum atomic E-state index is -0.364. The van der Waals surface area contributed by atoms with Crippen LogP contribution in [0, 0.1) is 0 Å². The molecule has 2 aliphatic rings. The van der Waals surface area contributed by atoms with Gasteiger partial charge in [-0.2, -0.15) is 5.10 Å². The maximum atomic E-state index is 12.2. The van der Waals surface area contributed by atoms with Gasteiger partial charge in [-0.05, 0) is 19.2 Å². The SMILES string of the molecule is CNC1C(=O)N(CC2CO2)N=C1c1cccn1C. The molecule has 6 nitrogen and oxygen atoms in total. The fourth-order valence-corrected chi connectivity index (χ4v) is 2.19. The lowest BCUT2D eigenvalue weighted by molar-refractivity contribution is -0.130. The lowest BCUT2D eigenvalue weighted by Crippen LogP contribution is -2.42. The summed E-state index contributed by atoms with van der Waals surface area (Å²) in [5, 5.41) is 8.98. The number of carbonyl (C=O) groups excluding carboxylic acids is 1. The average Bonchev–Trinajstić information content (AvgIpc) is 2.99. The normalized spacial score (nSPS) is 26.7. The van der Waals surface area contributed by atoms with Crippen molar-refractivity contribution >= 4 is 11.6 Å². The number of hydrogen-bond acceptors (Lipinski definition) is 4. The first kappa shape index (κ1) is 11.4. The molecule has 3 heterocycles.